The number of fused-ring (bicyclic) bond motifs is 1. The molecular formula is C20H24N6O3. The molecule has 9 nitrogen and oxygen atoms in total. The van der Waals surface area contributed by atoms with Crippen LogP contribution in [0.5, 0.6) is 5.75 Å². The molecule has 29 heavy (non-hydrogen) atoms. The first-order valence-corrected chi connectivity index (χ1v) is 9.60. The van der Waals surface area contributed by atoms with E-state index in [1.807, 2.05) is 32.2 Å². The Hall–Kier alpha value is -3.36. The molecule has 0 aromatic carbocycles. The number of amides is 1. The van der Waals surface area contributed by atoms with Gasteiger partial charge in [0.05, 0.1) is 30.7 Å². The van der Waals surface area contributed by atoms with Gasteiger partial charge in [-0.2, -0.15) is 5.10 Å². The van der Waals surface area contributed by atoms with Gasteiger partial charge in [-0.1, -0.05) is 0 Å². The highest BCUT2D eigenvalue weighted by Gasteiger charge is 2.24. The van der Waals surface area contributed by atoms with Crippen LogP contribution in [0.15, 0.2) is 36.8 Å². The van der Waals surface area contributed by atoms with Crippen molar-refractivity contribution in [2.75, 3.05) is 38.2 Å². The molecule has 0 radical (unpaired) electrons. The molecule has 1 saturated heterocycles. The van der Waals surface area contributed by atoms with Crippen LogP contribution in [0.4, 0.5) is 10.6 Å². The lowest BCUT2D eigenvalue weighted by molar-refractivity contribution is 0.0751. The second kappa shape index (κ2) is 7.94. The molecule has 4 rings (SSSR count). The van der Waals surface area contributed by atoms with E-state index in [4.69, 9.17) is 14.5 Å². The van der Waals surface area contributed by atoms with Gasteiger partial charge in [-0.15, -0.1) is 0 Å². The number of aromatic nitrogens is 4. The number of hydrogen-bond acceptors (Lipinski definition) is 7. The fraction of sp³-hybridized carbons (Fsp3) is 0.400. The van der Waals surface area contributed by atoms with Gasteiger partial charge in [0.1, 0.15) is 11.6 Å². The predicted molar refractivity (Wildman–Crippen MR) is 108 cm³/mol. The molecule has 9 heteroatoms. The van der Waals surface area contributed by atoms with E-state index in [1.165, 1.54) is 0 Å². The molecule has 0 atom stereocenters. The summed E-state index contributed by atoms with van der Waals surface area (Å²) in [5.41, 5.74) is 2.32. The van der Waals surface area contributed by atoms with Crippen LogP contribution in [0.25, 0.3) is 16.9 Å². The first-order chi connectivity index (χ1) is 14.0. The van der Waals surface area contributed by atoms with Crippen molar-refractivity contribution in [3.05, 3.63) is 36.8 Å². The van der Waals surface area contributed by atoms with E-state index < -0.39 is 0 Å². The largest absolute Gasteiger partial charge is 0.497 e. The van der Waals surface area contributed by atoms with Gasteiger partial charge in [0.25, 0.3) is 0 Å². The van der Waals surface area contributed by atoms with Crippen LogP contribution in [-0.2, 0) is 4.74 Å². The minimum absolute atomic E-state index is 0.116. The summed E-state index contributed by atoms with van der Waals surface area (Å²) in [6.45, 7) is 6.29. The van der Waals surface area contributed by atoms with Gasteiger partial charge >= 0.3 is 6.09 Å². The molecule has 4 heterocycles. The molecule has 1 aliphatic heterocycles. The number of pyridine rings is 1. The molecule has 1 fully saturated rings. The summed E-state index contributed by atoms with van der Waals surface area (Å²) < 4.78 is 12.3. The molecule has 0 unspecified atom stereocenters. The van der Waals surface area contributed by atoms with Crippen LogP contribution in [0.3, 0.4) is 0 Å². The van der Waals surface area contributed by atoms with Crippen molar-refractivity contribution in [3.63, 3.8) is 0 Å². The maximum absolute atomic E-state index is 12.1. The summed E-state index contributed by atoms with van der Waals surface area (Å²) in [6, 6.07) is 5.60. The first-order valence-electron chi connectivity index (χ1n) is 9.60. The Kier molecular flexibility index (Phi) is 5.20. The number of nitrogens with zero attached hydrogens (tertiary/aromatic N) is 6. The summed E-state index contributed by atoms with van der Waals surface area (Å²) in [7, 11) is 1.63. The SMILES string of the molecule is COc1ccnc(-c2cnn3ccc(N4CCN(C(=O)OC(C)C)CC4)nc23)c1. The van der Waals surface area contributed by atoms with Gasteiger partial charge in [-0.25, -0.2) is 14.3 Å². The van der Waals surface area contributed by atoms with Gasteiger partial charge in [0.2, 0.25) is 0 Å². The summed E-state index contributed by atoms with van der Waals surface area (Å²) in [5.74, 6) is 1.58. The van der Waals surface area contributed by atoms with E-state index in [1.54, 1.807) is 35.0 Å². The molecule has 1 amide bonds. The predicted octanol–water partition coefficient (Wildman–Crippen LogP) is 2.47. The lowest BCUT2D eigenvalue weighted by Gasteiger charge is -2.35. The van der Waals surface area contributed by atoms with Gasteiger partial charge in [0, 0.05) is 44.6 Å². The monoisotopic (exact) mass is 396 g/mol. The van der Waals surface area contributed by atoms with Crippen molar-refractivity contribution in [2.24, 2.45) is 0 Å². The Morgan fingerprint density at radius 1 is 1.17 bits per heavy atom. The maximum atomic E-state index is 12.1. The van der Waals surface area contributed by atoms with Crippen LogP contribution in [0.2, 0.25) is 0 Å². The molecule has 3 aromatic heterocycles. The molecule has 0 N–H and O–H groups in total. The van der Waals surface area contributed by atoms with Crippen LogP contribution >= 0.6 is 0 Å². The van der Waals surface area contributed by atoms with Crippen molar-refractivity contribution < 1.29 is 14.3 Å². The molecular weight excluding hydrogens is 372 g/mol. The summed E-state index contributed by atoms with van der Waals surface area (Å²) in [5, 5.41) is 4.38. The van der Waals surface area contributed by atoms with E-state index in [2.05, 4.69) is 15.0 Å². The Labute approximate surface area is 168 Å². The number of methoxy groups -OCH3 is 1. The van der Waals surface area contributed by atoms with Gasteiger partial charge in [-0.05, 0) is 26.0 Å². The lowest BCUT2D eigenvalue weighted by Crippen LogP contribution is -2.49. The van der Waals surface area contributed by atoms with E-state index in [0.717, 1.165) is 28.5 Å². The normalized spacial score (nSPS) is 14.5. The molecule has 1 aliphatic rings. The zero-order chi connectivity index (χ0) is 20.4. The van der Waals surface area contributed by atoms with E-state index in [0.29, 0.717) is 26.2 Å². The van der Waals surface area contributed by atoms with E-state index in [9.17, 15) is 4.79 Å². The van der Waals surface area contributed by atoms with Crippen molar-refractivity contribution in [3.8, 4) is 17.0 Å². The molecule has 0 saturated carbocycles. The number of hydrogen-bond donors (Lipinski definition) is 0. The molecule has 0 spiro atoms. The summed E-state index contributed by atoms with van der Waals surface area (Å²) in [4.78, 5) is 25.2. The number of carbonyl (C=O) groups excluding carboxylic acids is 1. The fourth-order valence-electron chi connectivity index (χ4n) is 3.30. The highest BCUT2D eigenvalue weighted by molar-refractivity contribution is 5.76. The Balaban J connectivity index is 1.54. The number of carbonyl (C=O) groups is 1. The second-order valence-electron chi connectivity index (χ2n) is 7.10. The molecule has 152 valence electrons. The lowest BCUT2D eigenvalue weighted by atomic mass is 10.2. The van der Waals surface area contributed by atoms with Crippen LogP contribution < -0.4 is 9.64 Å². The number of rotatable bonds is 4. The van der Waals surface area contributed by atoms with Crippen LogP contribution in [0.1, 0.15) is 13.8 Å². The average molecular weight is 396 g/mol. The minimum atomic E-state index is -0.259. The third-order valence-corrected chi connectivity index (χ3v) is 4.80. The topological polar surface area (TPSA) is 85.1 Å². The fourth-order valence-corrected chi connectivity index (χ4v) is 3.30. The van der Waals surface area contributed by atoms with Crippen molar-refractivity contribution in [1.29, 1.82) is 0 Å². The average Bonchev–Trinajstić information content (AvgIpc) is 3.16. The summed E-state index contributed by atoms with van der Waals surface area (Å²) in [6.07, 6.45) is 4.98. The highest BCUT2D eigenvalue weighted by Crippen LogP contribution is 2.26. The van der Waals surface area contributed by atoms with Crippen molar-refractivity contribution in [2.45, 2.75) is 20.0 Å². The van der Waals surface area contributed by atoms with Gasteiger partial charge in [-0.3, -0.25) is 4.98 Å². The van der Waals surface area contributed by atoms with Crippen LogP contribution in [-0.4, -0.2) is 70.0 Å². The number of ether oxygens (including phenoxy) is 2. The standard InChI is InChI=1S/C20H24N6O3/c1-14(2)29-20(27)25-10-8-24(9-11-25)18-5-7-26-19(23-18)16(13-22-26)17-12-15(28-3)4-6-21-17/h4-7,12-14H,8-11H2,1-3H3. The van der Waals surface area contributed by atoms with Gasteiger partial charge < -0.3 is 19.3 Å². The number of piperazine rings is 1. The van der Waals surface area contributed by atoms with E-state index in [-0.39, 0.29) is 12.2 Å². The minimum Gasteiger partial charge on any atom is -0.497 e. The van der Waals surface area contributed by atoms with Crippen molar-refractivity contribution in [1.82, 2.24) is 24.5 Å². The van der Waals surface area contributed by atoms with Crippen molar-refractivity contribution >= 4 is 17.6 Å². The molecule has 0 aliphatic carbocycles. The smallest absolute Gasteiger partial charge is 0.410 e. The zero-order valence-electron chi connectivity index (χ0n) is 16.8. The van der Waals surface area contributed by atoms with Gasteiger partial charge in [0.15, 0.2) is 5.65 Å². The first kappa shape index (κ1) is 19.0. The Morgan fingerprint density at radius 3 is 2.69 bits per heavy atom. The quantitative estimate of drug-likeness (QED) is 0.670. The summed E-state index contributed by atoms with van der Waals surface area (Å²) >= 11 is 0. The third-order valence-electron chi connectivity index (χ3n) is 4.80. The van der Waals surface area contributed by atoms with E-state index >= 15 is 0 Å². The number of anilines is 1. The third kappa shape index (κ3) is 3.94. The Morgan fingerprint density at radius 2 is 1.97 bits per heavy atom. The zero-order valence-corrected chi connectivity index (χ0v) is 16.8. The maximum Gasteiger partial charge on any atom is 0.410 e. The highest BCUT2D eigenvalue weighted by atomic mass is 16.6. The van der Waals surface area contributed by atoms with Crippen LogP contribution in [0, 0.1) is 0 Å². The second-order valence-corrected chi connectivity index (χ2v) is 7.10. The molecule has 3 aromatic rings. The molecule has 0 bridgehead atoms. The Bertz CT molecular complexity index is 1010.